The van der Waals surface area contributed by atoms with Gasteiger partial charge >= 0.3 is 0 Å². The predicted molar refractivity (Wildman–Crippen MR) is 54.6 cm³/mol. The Balaban J connectivity index is 1.97. The Morgan fingerprint density at radius 3 is 2.54 bits per heavy atom. The second-order valence-corrected chi connectivity index (χ2v) is 4.38. The first-order valence-electron chi connectivity index (χ1n) is 5.12. The molecule has 0 nitrogen and oxygen atoms in total. The summed E-state index contributed by atoms with van der Waals surface area (Å²) in [5, 5.41) is 0. The van der Waals surface area contributed by atoms with E-state index in [1.807, 2.05) is 0 Å². The van der Waals surface area contributed by atoms with Gasteiger partial charge in [0.15, 0.2) is 0 Å². The molecule has 0 heterocycles. The summed E-state index contributed by atoms with van der Waals surface area (Å²) in [6.45, 7) is 0. The zero-order chi connectivity index (χ0) is 8.73. The molecule has 0 heteroatoms. The van der Waals surface area contributed by atoms with E-state index in [1.165, 1.54) is 24.8 Å². The Morgan fingerprint density at radius 1 is 1.08 bits per heavy atom. The Morgan fingerprint density at radius 2 is 1.85 bits per heavy atom. The van der Waals surface area contributed by atoms with Crippen molar-refractivity contribution in [3.63, 3.8) is 0 Å². The number of allylic oxidation sites excluding steroid dienone is 2. The van der Waals surface area contributed by atoms with E-state index < -0.39 is 0 Å². The van der Waals surface area contributed by atoms with Crippen LogP contribution in [-0.2, 0) is 0 Å². The minimum Gasteiger partial charge on any atom is -0.0873 e. The minimum atomic E-state index is 0.654. The topological polar surface area (TPSA) is 0 Å². The van der Waals surface area contributed by atoms with Crippen molar-refractivity contribution in [2.24, 2.45) is 5.41 Å². The molecular weight excluding hydrogens is 156 g/mol. The summed E-state index contributed by atoms with van der Waals surface area (Å²) in [6.07, 6.45) is 8.94. The number of rotatable bonds is 1. The van der Waals surface area contributed by atoms with Gasteiger partial charge in [0.05, 0.1) is 0 Å². The van der Waals surface area contributed by atoms with Crippen LogP contribution in [0.5, 0.6) is 0 Å². The molecular formula is C13H14. The Kier molecular flexibility index (Phi) is 1.40. The van der Waals surface area contributed by atoms with Crippen molar-refractivity contribution >= 4 is 0 Å². The first-order chi connectivity index (χ1) is 6.41. The van der Waals surface area contributed by atoms with Crippen LogP contribution in [0.4, 0.5) is 0 Å². The summed E-state index contributed by atoms with van der Waals surface area (Å²) in [6, 6.07) is 10.9. The van der Waals surface area contributed by atoms with Gasteiger partial charge in [-0.1, -0.05) is 42.5 Å². The predicted octanol–water partition coefficient (Wildman–Crippen LogP) is 3.51. The molecule has 0 amide bonds. The fourth-order valence-electron chi connectivity index (χ4n) is 2.57. The molecule has 66 valence electrons. The van der Waals surface area contributed by atoms with Crippen molar-refractivity contribution in [1.82, 2.24) is 0 Å². The van der Waals surface area contributed by atoms with Gasteiger partial charge in [-0.3, -0.25) is 0 Å². The molecule has 13 heavy (non-hydrogen) atoms. The maximum absolute atomic E-state index is 2.41. The van der Waals surface area contributed by atoms with Crippen LogP contribution in [0.25, 0.3) is 0 Å². The molecule has 3 rings (SSSR count). The monoisotopic (exact) mass is 170 g/mol. The average molecular weight is 170 g/mol. The van der Waals surface area contributed by atoms with Crippen LogP contribution in [0, 0.1) is 5.41 Å². The smallest absolute Gasteiger partial charge is 0.00774 e. The van der Waals surface area contributed by atoms with E-state index >= 15 is 0 Å². The summed E-state index contributed by atoms with van der Waals surface area (Å²) in [7, 11) is 0. The molecule has 1 aromatic carbocycles. The van der Waals surface area contributed by atoms with Gasteiger partial charge in [-0.15, -0.1) is 0 Å². The maximum atomic E-state index is 2.41. The largest absolute Gasteiger partial charge is 0.0873 e. The van der Waals surface area contributed by atoms with Gasteiger partial charge < -0.3 is 0 Å². The Bertz CT molecular complexity index is 330. The highest BCUT2D eigenvalue weighted by Gasteiger charge is 2.49. The molecule has 1 aromatic rings. The third-order valence-electron chi connectivity index (χ3n) is 3.56. The second-order valence-electron chi connectivity index (χ2n) is 4.38. The van der Waals surface area contributed by atoms with E-state index in [4.69, 9.17) is 0 Å². The minimum absolute atomic E-state index is 0.654. The molecule has 2 aliphatic rings. The van der Waals surface area contributed by atoms with E-state index in [0.29, 0.717) is 11.3 Å². The lowest BCUT2D eigenvalue weighted by atomic mass is 9.86. The molecule has 0 saturated heterocycles. The molecule has 0 aromatic heterocycles. The first-order valence-corrected chi connectivity index (χ1v) is 5.12. The zero-order valence-electron chi connectivity index (χ0n) is 7.74. The molecule has 1 saturated carbocycles. The maximum Gasteiger partial charge on any atom is 0.00774 e. The van der Waals surface area contributed by atoms with Gasteiger partial charge in [-0.2, -0.15) is 0 Å². The van der Waals surface area contributed by atoms with E-state index in [1.54, 1.807) is 0 Å². The van der Waals surface area contributed by atoms with Crippen LogP contribution in [-0.4, -0.2) is 0 Å². The van der Waals surface area contributed by atoms with Gasteiger partial charge in [0.1, 0.15) is 0 Å². The molecule has 1 atom stereocenters. The normalized spacial score (nSPS) is 28.2. The number of benzene rings is 1. The van der Waals surface area contributed by atoms with Gasteiger partial charge in [0.2, 0.25) is 0 Å². The summed E-state index contributed by atoms with van der Waals surface area (Å²) >= 11 is 0. The average Bonchev–Trinajstić information content (AvgIpc) is 2.80. The SMILES string of the molecule is C1=CC(c2ccccc2)C2(C1)CC2. The fourth-order valence-corrected chi connectivity index (χ4v) is 2.57. The van der Waals surface area contributed by atoms with Crippen LogP contribution in [0.3, 0.4) is 0 Å². The van der Waals surface area contributed by atoms with Crippen molar-refractivity contribution in [3.8, 4) is 0 Å². The van der Waals surface area contributed by atoms with Crippen LogP contribution < -0.4 is 0 Å². The van der Waals surface area contributed by atoms with Crippen molar-refractivity contribution in [1.29, 1.82) is 0 Å². The van der Waals surface area contributed by atoms with E-state index in [2.05, 4.69) is 42.5 Å². The highest BCUT2D eigenvalue weighted by molar-refractivity contribution is 5.33. The third-order valence-corrected chi connectivity index (χ3v) is 3.56. The summed E-state index contributed by atoms with van der Waals surface area (Å²) in [5.74, 6) is 0.716. The van der Waals surface area contributed by atoms with E-state index in [-0.39, 0.29) is 0 Å². The zero-order valence-corrected chi connectivity index (χ0v) is 7.74. The molecule has 1 spiro atoms. The highest BCUT2D eigenvalue weighted by atomic mass is 14.5. The van der Waals surface area contributed by atoms with Gasteiger partial charge in [0.25, 0.3) is 0 Å². The van der Waals surface area contributed by atoms with Crippen molar-refractivity contribution in [3.05, 3.63) is 48.0 Å². The number of hydrogen-bond donors (Lipinski definition) is 0. The molecule has 1 fully saturated rings. The summed E-state index contributed by atoms with van der Waals surface area (Å²) in [4.78, 5) is 0. The van der Waals surface area contributed by atoms with Crippen molar-refractivity contribution in [2.75, 3.05) is 0 Å². The van der Waals surface area contributed by atoms with Crippen LogP contribution in [0.15, 0.2) is 42.5 Å². The van der Waals surface area contributed by atoms with Gasteiger partial charge in [0, 0.05) is 5.92 Å². The highest BCUT2D eigenvalue weighted by Crippen LogP contribution is 2.62. The Labute approximate surface area is 79.3 Å². The standard InChI is InChI=1S/C13H14/c1-2-5-11(6-3-1)12-7-4-8-13(12)9-10-13/h1-7,12H,8-10H2. The van der Waals surface area contributed by atoms with E-state index in [9.17, 15) is 0 Å². The lowest BCUT2D eigenvalue weighted by molar-refractivity contribution is 0.492. The summed E-state index contributed by atoms with van der Waals surface area (Å²) in [5.41, 5.74) is 2.16. The lowest BCUT2D eigenvalue weighted by Gasteiger charge is -2.17. The molecule has 2 aliphatic carbocycles. The molecule has 0 N–H and O–H groups in total. The van der Waals surface area contributed by atoms with Crippen LogP contribution >= 0.6 is 0 Å². The fraction of sp³-hybridized carbons (Fsp3) is 0.385. The van der Waals surface area contributed by atoms with Gasteiger partial charge in [-0.05, 0) is 30.2 Å². The van der Waals surface area contributed by atoms with Gasteiger partial charge in [-0.25, -0.2) is 0 Å². The van der Waals surface area contributed by atoms with Crippen LogP contribution in [0.1, 0.15) is 30.7 Å². The Hall–Kier alpha value is -1.04. The molecule has 1 unspecified atom stereocenters. The quantitative estimate of drug-likeness (QED) is 0.566. The summed E-state index contributed by atoms with van der Waals surface area (Å²) < 4.78 is 0. The van der Waals surface area contributed by atoms with Crippen molar-refractivity contribution < 1.29 is 0 Å². The van der Waals surface area contributed by atoms with Crippen LogP contribution in [0.2, 0.25) is 0 Å². The third kappa shape index (κ3) is 1.05. The lowest BCUT2D eigenvalue weighted by Crippen LogP contribution is -2.06. The van der Waals surface area contributed by atoms with E-state index in [0.717, 1.165) is 0 Å². The van der Waals surface area contributed by atoms with Crippen molar-refractivity contribution in [2.45, 2.75) is 25.2 Å². The molecule has 0 aliphatic heterocycles. The molecule has 0 radical (unpaired) electrons. The first kappa shape index (κ1) is 7.37. The molecule has 0 bridgehead atoms. The number of hydrogen-bond acceptors (Lipinski definition) is 0. The second kappa shape index (κ2) is 2.47.